The lowest BCUT2D eigenvalue weighted by Crippen LogP contribution is -2.06. The van der Waals surface area contributed by atoms with Gasteiger partial charge in [-0.15, -0.1) is 0 Å². The van der Waals surface area contributed by atoms with Crippen LogP contribution in [0.25, 0.3) is 0 Å². The molecule has 0 aliphatic heterocycles. The van der Waals surface area contributed by atoms with Crippen LogP contribution in [0.1, 0.15) is 42.6 Å². The highest BCUT2D eigenvalue weighted by atomic mass is 16.5. The monoisotopic (exact) mass is 274 g/mol. The van der Waals surface area contributed by atoms with E-state index in [4.69, 9.17) is 9.47 Å². The highest BCUT2D eigenvalue weighted by Gasteiger charge is 2.09. The van der Waals surface area contributed by atoms with Gasteiger partial charge in [-0.05, 0) is 26.0 Å². The van der Waals surface area contributed by atoms with Crippen molar-refractivity contribution < 1.29 is 19.1 Å². The molecule has 0 aliphatic carbocycles. The summed E-state index contributed by atoms with van der Waals surface area (Å²) in [6.07, 6.45) is 0.651. The van der Waals surface area contributed by atoms with Gasteiger partial charge in [0.2, 0.25) is 0 Å². The lowest BCUT2D eigenvalue weighted by molar-refractivity contribution is -0.142. The molecular formula is C16H18O4. The first-order chi connectivity index (χ1) is 9.69. The fraction of sp³-hybridized carbons (Fsp3) is 0.375. The predicted molar refractivity (Wildman–Crippen MR) is 75.1 cm³/mol. The molecule has 0 amide bonds. The minimum atomic E-state index is -0.386. The number of ether oxygens (including phenoxy) is 2. The molecule has 0 heterocycles. The molecule has 1 aromatic carbocycles. The second kappa shape index (κ2) is 8.76. The Bertz CT molecular complexity index is 523. The van der Waals surface area contributed by atoms with Crippen molar-refractivity contribution in [2.75, 3.05) is 13.2 Å². The van der Waals surface area contributed by atoms with Crippen molar-refractivity contribution in [1.82, 2.24) is 0 Å². The van der Waals surface area contributed by atoms with E-state index in [0.29, 0.717) is 30.8 Å². The van der Waals surface area contributed by atoms with Gasteiger partial charge < -0.3 is 9.47 Å². The maximum atomic E-state index is 11.7. The Labute approximate surface area is 119 Å². The summed E-state index contributed by atoms with van der Waals surface area (Å²) in [6, 6.07) is 6.99. The van der Waals surface area contributed by atoms with Crippen molar-refractivity contribution in [3.63, 3.8) is 0 Å². The number of hydrogen-bond donors (Lipinski definition) is 0. The molecular weight excluding hydrogens is 256 g/mol. The van der Waals surface area contributed by atoms with Crippen molar-refractivity contribution in [3.8, 4) is 11.8 Å². The molecule has 1 rings (SSSR count). The fourth-order valence-corrected chi connectivity index (χ4v) is 1.53. The van der Waals surface area contributed by atoms with E-state index >= 15 is 0 Å². The SMILES string of the molecule is CCOC(=O)CCC#Cc1ccccc1C(=O)OCC. The summed E-state index contributed by atoms with van der Waals surface area (Å²) in [5, 5.41) is 0. The van der Waals surface area contributed by atoms with Crippen LogP contribution in [-0.2, 0) is 14.3 Å². The number of hydrogen-bond acceptors (Lipinski definition) is 4. The Morgan fingerprint density at radius 2 is 1.80 bits per heavy atom. The number of carbonyl (C=O) groups excluding carboxylic acids is 2. The van der Waals surface area contributed by atoms with E-state index in [1.165, 1.54) is 0 Å². The van der Waals surface area contributed by atoms with Crippen LogP contribution in [-0.4, -0.2) is 25.2 Å². The largest absolute Gasteiger partial charge is 0.466 e. The van der Waals surface area contributed by atoms with Crippen LogP contribution in [0.5, 0.6) is 0 Å². The first kappa shape index (κ1) is 15.8. The molecule has 1 aromatic rings. The van der Waals surface area contributed by atoms with Crippen molar-refractivity contribution in [2.24, 2.45) is 0 Å². The topological polar surface area (TPSA) is 52.6 Å². The lowest BCUT2D eigenvalue weighted by Gasteiger charge is -2.03. The molecule has 0 fully saturated rings. The van der Waals surface area contributed by atoms with Crippen LogP contribution in [0, 0.1) is 11.8 Å². The van der Waals surface area contributed by atoms with Crippen LogP contribution < -0.4 is 0 Å². The number of esters is 2. The predicted octanol–water partition coefficient (Wildman–Crippen LogP) is 2.56. The van der Waals surface area contributed by atoms with Crippen LogP contribution in [0.2, 0.25) is 0 Å². The van der Waals surface area contributed by atoms with Gasteiger partial charge in [-0.1, -0.05) is 24.0 Å². The lowest BCUT2D eigenvalue weighted by atomic mass is 10.1. The third-order valence-electron chi connectivity index (χ3n) is 2.40. The van der Waals surface area contributed by atoms with Gasteiger partial charge in [0.25, 0.3) is 0 Å². The van der Waals surface area contributed by atoms with Crippen LogP contribution in [0.15, 0.2) is 24.3 Å². The van der Waals surface area contributed by atoms with Crippen molar-refractivity contribution in [3.05, 3.63) is 35.4 Å². The normalized spacial score (nSPS) is 9.30. The van der Waals surface area contributed by atoms with Crippen LogP contribution in [0.4, 0.5) is 0 Å². The summed E-state index contributed by atoms with van der Waals surface area (Å²) in [4.78, 5) is 22.9. The zero-order valence-electron chi connectivity index (χ0n) is 11.8. The Kier molecular flexibility index (Phi) is 6.91. The van der Waals surface area contributed by atoms with E-state index in [9.17, 15) is 9.59 Å². The number of benzene rings is 1. The molecule has 0 aromatic heterocycles. The maximum absolute atomic E-state index is 11.7. The molecule has 0 bridgehead atoms. The zero-order valence-corrected chi connectivity index (χ0v) is 11.8. The maximum Gasteiger partial charge on any atom is 0.339 e. The summed E-state index contributed by atoms with van der Waals surface area (Å²) >= 11 is 0. The van der Waals surface area contributed by atoms with Gasteiger partial charge in [-0.3, -0.25) is 4.79 Å². The van der Waals surface area contributed by atoms with Gasteiger partial charge in [0.05, 0.1) is 25.2 Å². The first-order valence-electron chi connectivity index (χ1n) is 6.59. The Morgan fingerprint density at radius 1 is 1.10 bits per heavy atom. The van der Waals surface area contributed by atoms with E-state index < -0.39 is 0 Å². The summed E-state index contributed by atoms with van der Waals surface area (Å²) in [5.74, 6) is 5.11. The average Bonchev–Trinajstić information content (AvgIpc) is 2.44. The molecule has 0 radical (unpaired) electrons. The molecule has 4 nitrogen and oxygen atoms in total. The van der Waals surface area contributed by atoms with Gasteiger partial charge in [-0.2, -0.15) is 0 Å². The molecule has 20 heavy (non-hydrogen) atoms. The third kappa shape index (κ3) is 5.15. The molecule has 0 aliphatic rings. The first-order valence-corrected chi connectivity index (χ1v) is 6.59. The quantitative estimate of drug-likeness (QED) is 0.611. The average molecular weight is 274 g/mol. The third-order valence-corrected chi connectivity index (χ3v) is 2.40. The molecule has 0 spiro atoms. The Hall–Kier alpha value is -2.28. The number of carbonyl (C=O) groups is 2. The Morgan fingerprint density at radius 3 is 2.50 bits per heavy atom. The van der Waals surface area contributed by atoms with Gasteiger partial charge in [0.15, 0.2) is 0 Å². The second-order valence-corrected chi connectivity index (χ2v) is 3.87. The number of rotatable bonds is 5. The standard InChI is InChI=1S/C16H18O4/c1-3-19-15(17)12-8-6-10-13-9-5-7-11-14(13)16(18)20-4-2/h5,7,9,11H,3-4,8,12H2,1-2H3. The van der Waals surface area contributed by atoms with E-state index in [0.717, 1.165) is 0 Å². The van der Waals surface area contributed by atoms with Gasteiger partial charge in [0, 0.05) is 12.0 Å². The van der Waals surface area contributed by atoms with Gasteiger partial charge >= 0.3 is 11.9 Å². The summed E-state index contributed by atoms with van der Waals surface area (Å²) in [5.41, 5.74) is 1.05. The molecule has 0 N–H and O–H groups in total. The molecule has 0 saturated heterocycles. The van der Waals surface area contributed by atoms with Crippen molar-refractivity contribution >= 4 is 11.9 Å². The summed E-state index contributed by atoms with van der Waals surface area (Å²) in [7, 11) is 0. The minimum Gasteiger partial charge on any atom is -0.466 e. The highest BCUT2D eigenvalue weighted by Crippen LogP contribution is 2.09. The minimum absolute atomic E-state index is 0.252. The van der Waals surface area contributed by atoms with Crippen molar-refractivity contribution in [2.45, 2.75) is 26.7 Å². The van der Waals surface area contributed by atoms with Crippen molar-refractivity contribution in [1.29, 1.82) is 0 Å². The molecule has 0 saturated carbocycles. The molecule has 4 heteroatoms. The van der Waals surface area contributed by atoms with E-state index in [-0.39, 0.29) is 18.4 Å². The zero-order chi connectivity index (χ0) is 14.8. The van der Waals surface area contributed by atoms with Gasteiger partial charge in [0.1, 0.15) is 0 Å². The van der Waals surface area contributed by atoms with E-state index in [1.807, 2.05) is 0 Å². The smallest absolute Gasteiger partial charge is 0.339 e. The molecule has 0 unspecified atom stereocenters. The highest BCUT2D eigenvalue weighted by molar-refractivity contribution is 5.92. The summed E-state index contributed by atoms with van der Waals surface area (Å²) in [6.45, 7) is 4.21. The fourth-order valence-electron chi connectivity index (χ4n) is 1.53. The van der Waals surface area contributed by atoms with Crippen LogP contribution in [0.3, 0.4) is 0 Å². The summed E-state index contributed by atoms with van der Waals surface area (Å²) < 4.78 is 9.77. The van der Waals surface area contributed by atoms with Gasteiger partial charge in [-0.25, -0.2) is 4.79 Å². The molecule has 0 atom stereocenters. The Balaban J connectivity index is 2.68. The second-order valence-electron chi connectivity index (χ2n) is 3.87. The molecule has 106 valence electrons. The van der Waals surface area contributed by atoms with Crippen LogP contribution >= 0.6 is 0 Å². The van der Waals surface area contributed by atoms with E-state index in [2.05, 4.69) is 11.8 Å². The van der Waals surface area contributed by atoms with E-state index in [1.54, 1.807) is 38.1 Å².